The summed E-state index contributed by atoms with van der Waals surface area (Å²) in [4.78, 5) is 12.1. The van der Waals surface area contributed by atoms with Gasteiger partial charge in [-0.05, 0) is 46.3 Å². The van der Waals surface area contributed by atoms with Crippen LogP contribution in [0.4, 0.5) is 0 Å². The van der Waals surface area contributed by atoms with Gasteiger partial charge in [0.05, 0.1) is 5.02 Å². The summed E-state index contributed by atoms with van der Waals surface area (Å²) in [6.07, 6.45) is 0. The van der Waals surface area contributed by atoms with Gasteiger partial charge in [0.1, 0.15) is 12.4 Å². The van der Waals surface area contributed by atoms with Crippen molar-refractivity contribution in [1.82, 2.24) is 0 Å². The molecule has 18 heavy (non-hydrogen) atoms. The van der Waals surface area contributed by atoms with Crippen LogP contribution < -0.4 is 0 Å². The number of benzene rings is 1. The standard InChI is InChI=1S/C13H10BrClO3/c1-17-7-9-3-5-12(18-9)13(16)8-2-4-11(15)10(14)6-8/h2-6H,7H2,1H3. The highest BCUT2D eigenvalue weighted by molar-refractivity contribution is 9.10. The van der Waals surface area contributed by atoms with Crippen LogP contribution in [0.25, 0.3) is 0 Å². The molecule has 0 aliphatic carbocycles. The Kier molecular flexibility index (Phi) is 4.22. The molecule has 0 saturated carbocycles. The summed E-state index contributed by atoms with van der Waals surface area (Å²) in [5.74, 6) is 0.722. The zero-order valence-corrected chi connectivity index (χ0v) is 11.9. The molecule has 0 aliphatic heterocycles. The average molecular weight is 330 g/mol. The summed E-state index contributed by atoms with van der Waals surface area (Å²) in [5, 5.41) is 0.561. The Bertz CT molecular complexity index is 577. The van der Waals surface area contributed by atoms with Crippen molar-refractivity contribution in [2.45, 2.75) is 6.61 Å². The zero-order valence-electron chi connectivity index (χ0n) is 9.57. The molecule has 0 spiro atoms. The molecule has 0 aliphatic rings. The van der Waals surface area contributed by atoms with Gasteiger partial charge in [-0.1, -0.05) is 11.6 Å². The zero-order chi connectivity index (χ0) is 13.1. The van der Waals surface area contributed by atoms with Gasteiger partial charge in [0, 0.05) is 17.1 Å². The number of ether oxygens (including phenoxy) is 1. The molecular weight excluding hydrogens is 319 g/mol. The van der Waals surface area contributed by atoms with Gasteiger partial charge >= 0.3 is 0 Å². The minimum Gasteiger partial charge on any atom is -0.455 e. The largest absolute Gasteiger partial charge is 0.455 e. The molecule has 94 valence electrons. The predicted octanol–water partition coefficient (Wildman–Crippen LogP) is 4.07. The van der Waals surface area contributed by atoms with Crippen molar-refractivity contribution in [3.05, 3.63) is 56.9 Å². The normalized spacial score (nSPS) is 10.6. The summed E-state index contributed by atoms with van der Waals surface area (Å²) in [6, 6.07) is 8.36. The van der Waals surface area contributed by atoms with Crippen LogP contribution in [0.15, 0.2) is 39.2 Å². The number of methoxy groups -OCH3 is 1. The van der Waals surface area contributed by atoms with Crippen LogP contribution >= 0.6 is 27.5 Å². The highest BCUT2D eigenvalue weighted by Gasteiger charge is 2.14. The number of carbonyl (C=O) groups is 1. The minimum absolute atomic E-state index is 0.185. The fourth-order valence-electron chi connectivity index (χ4n) is 1.50. The summed E-state index contributed by atoms with van der Waals surface area (Å²) in [7, 11) is 1.57. The Morgan fingerprint density at radius 1 is 1.39 bits per heavy atom. The topological polar surface area (TPSA) is 39.4 Å². The summed E-state index contributed by atoms with van der Waals surface area (Å²) < 4.78 is 11.0. The van der Waals surface area contributed by atoms with Gasteiger partial charge in [-0.3, -0.25) is 4.79 Å². The average Bonchev–Trinajstić information content (AvgIpc) is 2.81. The van der Waals surface area contributed by atoms with Crippen LogP contribution in [-0.2, 0) is 11.3 Å². The Hall–Kier alpha value is -1.10. The van der Waals surface area contributed by atoms with Crippen molar-refractivity contribution >= 4 is 33.3 Å². The number of rotatable bonds is 4. The first-order valence-electron chi connectivity index (χ1n) is 5.19. The molecule has 0 N–H and O–H groups in total. The molecule has 0 bridgehead atoms. The van der Waals surface area contributed by atoms with Crippen molar-refractivity contribution in [2.24, 2.45) is 0 Å². The van der Waals surface area contributed by atoms with Gasteiger partial charge in [-0.2, -0.15) is 0 Å². The van der Waals surface area contributed by atoms with Gasteiger partial charge in [0.25, 0.3) is 0 Å². The Labute approximate surface area is 118 Å². The second kappa shape index (κ2) is 5.69. The molecule has 1 aromatic heterocycles. The van der Waals surface area contributed by atoms with E-state index in [1.165, 1.54) is 0 Å². The highest BCUT2D eigenvalue weighted by atomic mass is 79.9. The van der Waals surface area contributed by atoms with Crippen molar-refractivity contribution < 1.29 is 13.9 Å². The molecule has 1 heterocycles. The SMILES string of the molecule is COCc1ccc(C(=O)c2ccc(Cl)c(Br)c2)o1. The number of halogens is 2. The third-order valence-corrected chi connectivity index (χ3v) is 3.57. The highest BCUT2D eigenvalue weighted by Crippen LogP contribution is 2.24. The smallest absolute Gasteiger partial charge is 0.228 e. The van der Waals surface area contributed by atoms with Gasteiger partial charge in [-0.15, -0.1) is 0 Å². The monoisotopic (exact) mass is 328 g/mol. The predicted molar refractivity (Wildman–Crippen MR) is 72.0 cm³/mol. The van der Waals surface area contributed by atoms with Gasteiger partial charge in [0.2, 0.25) is 5.78 Å². The van der Waals surface area contributed by atoms with Gasteiger partial charge in [0.15, 0.2) is 5.76 Å². The summed E-state index contributed by atoms with van der Waals surface area (Å²) >= 11 is 9.16. The molecule has 0 fully saturated rings. The first kappa shape index (κ1) is 13.3. The van der Waals surface area contributed by atoms with E-state index in [0.29, 0.717) is 27.4 Å². The molecule has 1 aromatic carbocycles. The van der Waals surface area contributed by atoms with E-state index in [1.54, 1.807) is 37.4 Å². The minimum atomic E-state index is -0.185. The summed E-state index contributed by atoms with van der Waals surface area (Å²) in [6.45, 7) is 0.345. The van der Waals surface area contributed by atoms with Crippen LogP contribution in [0, 0.1) is 0 Å². The Morgan fingerprint density at radius 3 is 2.83 bits per heavy atom. The maximum Gasteiger partial charge on any atom is 0.228 e. The van der Waals surface area contributed by atoms with E-state index in [-0.39, 0.29) is 11.5 Å². The number of hydrogen-bond acceptors (Lipinski definition) is 3. The van der Waals surface area contributed by atoms with Crippen LogP contribution in [0.3, 0.4) is 0 Å². The molecule has 0 unspecified atom stereocenters. The van der Waals surface area contributed by atoms with Crippen LogP contribution in [0.5, 0.6) is 0 Å². The van der Waals surface area contributed by atoms with Crippen LogP contribution in [-0.4, -0.2) is 12.9 Å². The molecule has 5 heteroatoms. The van der Waals surface area contributed by atoms with E-state index in [2.05, 4.69) is 15.9 Å². The van der Waals surface area contributed by atoms with Crippen molar-refractivity contribution in [3.63, 3.8) is 0 Å². The third kappa shape index (κ3) is 2.83. The van der Waals surface area contributed by atoms with E-state index >= 15 is 0 Å². The van der Waals surface area contributed by atoms with Crippen LogP contribution in [0.1, 0.15) is 21.9 Å². The van der Waals surface area contributed by atoms with E-state index < -0.39 is 0 Å². The van der Waals surface area contributed by atoms with Crippen molar-refractivity contribution in [1.29, 1.82) is 0 Å². The Balaban J connectivity index is 2.26. The van der Waals surface area contributed by atoms with E-state index in [0.717, 1.165) is 0 Å². The van der Waals surface area contributed by atoms with Gasteiger partial charge in [-0.25, -0.2) is 0 Å². The Morgan fingerprint density at radius 2 is 2.17 bits per heavy atom. The molecule has 0 atom stereocenters. The molecule has 2 aromatic rings. The number of furan rings is 1. The second-order valence-corrected chi connectivity index (χ2v) is 4.92. The quantitative estimate of drug-likeness (QED) is 0.794. The van der Waals surface area contributed by atoms with Crippen molar-refractivity contribution in [3.8, 4) is 0 Å². The molecule has 0 saturated heterocycles. The van der Waals surface area contributed by atoms with Crippen molar-refractivity contribution in [2.75, 3.05) is 7.11 Å². The molecule has 0 radical (unpaired) electrons. The summed E-state index contributed by atoms with van der Waals surface area (Å²) in [5.41, 5.74) is 0.518. The lowest BCUT2D eigenvalue weighted by molar-refractivity contribution is 0.1000. The van der Waals surface area contributed by atoms with E-state index in [4.69, 9.17) is 20.8 Å². The number of ketones is 1. The lowest BCUT2D eigenvalue weighted by atomic mass is 10.1. The fourth-order valence-corrected chi connectivity index (χ4v) is 2.00. The van der Waals surface area contributed by atoms with E-state index in [1.807, 2.05) is 0 Å². The first-order valence-corrected chi connectivity index (χ1v) is 6.36. The lowest BCUT2D eigenvalue weighted by Crippen LogP contribution is -1.99. The fraction of sp³-hybridized carbons (Fsp3) is 0.154. The first-order chi connectivity index (χ1) is 8.61. The number of hydrogen-bond donors (Lipinski definition) is 0. The van der Waals surface area contributed by atoms with E-state index in [9.17, 15) is 4.79 Å². The number of carbonyl (C=O) groups excluding carboxylic acids is 1. The molecule has 3 nitrogen and oxygen atoms in total. The lowest BCUT2D eigenvalue weighted by Gasteiger charge is -2.00. The second-order valence-electron chi connectivity index (χ2n) is 3.66. The maximum absolute atomic E-state index is 12.1. The third-order valence-electron chi connectivity index (χ3n) is 2.35. The molecule has 2 rings (SSSR count). The van der Waals surface area contributed by atoms with Gasteiger partial charge < -0.3 is 9.15 Å². The van der Waals surface area contributed by atoms with Crippen LogP contribution in [0.2, 0.25) is 5.02 Å². The maximum atomic E-state index is 12.1. The molecule has 0 amide bonds. The molecular formula is C13H10BrClO3.